The number of aryl methyl sites for hydroxylation is 1. The van der Waals surface area contributed by atoms with Crippen LogP contribution in [0.5, 0.6) is 5.75 Å². The summed E-state index contributed by atoms with van der Waals surface area (Å²) in [5.74, 6) is 0.602. The van der Waals surface area contributed by atoms with Crippen LogP contribution in [0.4, 0.5) is 10.1 Å². The quantitative estimate of drug-likeness (QED) is 0.822. The van der Waals surface area contributed by atoms with Crippen LogP contribution in [-0.4, -0.2) is 13.2 Å². The van der Waals surface area contributed by atoms with Crippen molar-refractivity contribution in [3.05, 3.63) is 57.8 Å². The minimum absolute atomic E-state index is 0.167. The van der Waals surface area contributed by atoms with Gasteiger partial charge >= 0.3 is 0 Å². The van der Waals surface area contributed by atoms with Crippen LogP contribution < -0.4 is 10.1 Å². The van der Waals surface area contributed by atoms with Crippen molar-refractivity contribution in [2.24, 2.45) is 0 Å². The number of ether oxygens (including phenoxy) is 1. The van der Waals surface area contributed by atoms with Gasteiger partial charge in [-0.25, -0.2) is 4.39 Å². The second-order valence-electron chi connectivity index (χ2n) is 5.18. The number of halogens is 2. The first-order valence-corrected chi connectivity index (χ1v) is 7.64. The predicted molar refractivity (Wildman–Crippen MR) is 88.6 cm³/mol. The SMILES string of the molecule is COc1cc(Br)cc(C)c1NC(C)Cc1cccc(F)c1. The lowest BCUT2D eigenvalue weighted by atomic mass is 10.1. The van der Waals surface area contributed by atoms with Crippen LogP contribution in [0, 0.1) is 12.7 Å². The highest BCUT2D eigenvalue weighted by Crippen LogP contribution is 2.32. The van der Waals surface area contributed by atoms with Gasteiger partial charge in [-0.2, -0.15) is 0 Å². The van der Waals surface area contributed by atoms with E-state index in [1.807, 2.05) is 25.1 Å². The van der Waals surface area contributed by atoms with Crippen molar-refractivity contribution in [2.45, 2.75) is 26.3 Å². The maximum absolute atomic E-state index is 13.2. The molecule has 0 saturated carbocycles. The van der Waals surface area contributed by atoms with Crippen LogP contribution in [0.25, 0.3) is 0 Å². The molecule has 0 fully saturated rings. The van der Waals surface area contributed by atoms with E-state index in [0.29, 0.717) is 0 Å². The topological polar surface area (TPSA) is 21.3 Å². The van der Waals surface area contributed by atoms with Crippen LogP contribution in [0.2, 0.25) is 0 Å². The van der Waals surface area contributed by atoms with E-state index in [4.69, 9.17) is 4.74 Å². The predicted octanol–water partition coefficient (Wildman–Crippen LogP) is 4.95. The van der Waals surface area contributed by atoms with Gasteiger partial charge in [0.1, 0.15) is 11.6 Å². The van der Waals surface area contributed by atoms with Gasteiger partial charge in [0.25, 0.3) is 0 Å². The Morgan fingerprint density at radius 2 is 2.05 bits per heavy atom. The summed E-state index contributed by atoms with van der Waals surface area (Å²) in [5.41, 5.74) is 3.06. The van der Waals surface area contributed by atoms with Gasteiger partial charge in [-0.3, -0.25) is 0 Å². The molecule has 0 heterocycles. The Labute approximate surface area is 133 Å². The summed E-state index contributed by atoms with van der Waals surface area (Å²) in [6, 6.07) is 10.9. The molecule has 0 bridgehead atoms. The van der Waals surface area contributed by atoms with Gasteiger partial charge in [0.2, 0.25) is 0 Å². The Bertz CT molecular complexity index is 630. The molecule has 21 heavy (non-hydrogen) atoms. The third-order valence-corrected chi connectivity index (χ3v) is 3.76. The molecule has 0 saturated heterocycles. The molecule has 2 rings (SSSR count). The molecule has 2 aromatic rings. The number of anilines is 1. The first-order valence-electron chi connectivity index (χ1n) is 6.84. The molecule has 0 aliphatic rings. The van der Waals surface area contributed by atoms with Crippen molar-refractivity contribution in [2.75, 3.05) is 12.4 Å². The van der Waals surface area contributed by atoms with Crippen molar-refractivity contribution >= 4 is 21.6 Å². The van der Waals surface area contributed by atoms with Gasteiger partial charge in [0, 0.05) is 10.5 Å². The average molecular weight is 352 g/mol. The number of hydrogen-bond acceptors (Lipinski definition) is 2. The monoisotopic (exact) mass is 351 g/mol. The normalized spacial score (nSPS) is 12.0. The maximum Gasteiger partial charge on any atom is 0.143 e. The van der Waals surface area contributed by atoms with Crippen molar-refractivity contribution in [1.29, 1.82) is 0 Å². The molecular weight excluding hydrogens is 333 g/mol. The lowest BCUT2D eigenvalue weighted by molar-refractivity contribution is 0.415. The number of hydrogen-bond donors (Lipinski definition) is 1. The summed E-state index contributed by atoms with van der Waals surface area (Å²) in [4.78, 5) is 0. The summed E-state index contributed by atoms with van der Waals surface area (Å²) < 4.78 is 19.6. The summed E-state index contributed by atoms with van der Waals surface area (Å²) in [7, 11) is 1.66. The second kappa shape index (κ2) is 6.94. The third kappa shape index (κ3) is 4.21. The van der Waals surface area contributed by atoms with Gasteiger partial charge in [-0.1, -0.05) is 28.1 Å². The standard InChI is InChI=1S/C17H19BrFNO/c1-11-7-14(18)10-16(21-3)17(11)20-12(2)8-13-5-4-6-15(19)9-13/h4-7,9-10,12,20H,8H2,1-3H3. The third-order valence-electron chi connectivity index (χ3n) is 3.31. The van der Waals surface area contributed by atoms with E-state index in [1.54, 1.807) is 19.2 Å². The highest BCUT2D eigenvalue weighted by molar-refractivity contribution is 9.10. The van der Waals surface area contributed by atoms with E-state index in [2.05, 4.69) is 28.2 Å². The zero-order chi connectivity index (χ0) is 15.4. The molecule has 0 aliphatic heterocycles. The molecule has 112 valence electrons. The van der Waals surface area contributed by atoms with Crippen molar-refractivity contribution in [3.63, 3.8) is 0 Å². The molecule has 0 amide bonds. The van der Waals surface area contributed by atoms with Crippen molar-refractivity contribution in [3.8, 4) is 5.75 Å². The van der Waals surface area contributed by atoms with Gasteiger partial charge in [0.05, 0.1) is 12.8 Å². The lowest BCUT2D eigenvalue weighted by Gasteiger charge is -2.20. The van der Waals surface area contributed by atoms with E-state index in [1.165, 1.54) is 6.07 Å². The minimum atomic E-state index is -0.197. The number of methoxy groups -OCH3 is 1. The fourth-order valence-electron chi connectivity index (χ4n) is 2.37. The van der Waals surface area contributed by atoms with Gasteiger partial charge in [-0.15, -0.1) is 0 Å². The lowest BCUT2D eigenvalue weighted by Crippen LogP contribution is -2.19. The molecule has 0 aliphatic carbocycles. The van der Waals surface area contributed by atoms with Crippen LogP contribution in [0.3, 0.4) is 0 Å². The van der Waals surface area contributed by atoms with E-state index in [-0.39, 0.29) is 11.9 Å². The van der Waals surface area contributed by atoms with Crippen LogP contribution in [-0.2, 0) is 6.42 Å². The summed E-state index contributed by atoms with van der Waals surface area (Å²) in [6.45, 7) is 4.11. The van der Waals surface area contributed by atoms with Crippen LogP contribution in [0.1, 0.15) is 18.1 Å². The first kappa shape index (κ1) is 15.8. The number of benzene rings is 2. The summed E-state index contributed by atoms with van der Waals surface area (Å²) in [5, 5.41) is 3.46. The van der Waals surface area contributed by atoms with Gasteiger partial charge in [0.15, 0.2) is 0 Å². The zero-order valence-corrected chi connectivity index (χ0v) is 14.0. The minimum Gasteiger partial charge on any atom is -0.495 e. The van der Waals surface area contributed by atoms with Crippen molar-refractivity contribution < 1.29 is 9.13 Å². The Morgan fingerprint density at radius 3 is 2.71 bits per heavy atom. The summed E-state index contributed by atoms with van der Waals surface area (Å²) >= 11 is 3.47. The first-order chi connectivity index (χ1) is 9.99. The largest absolute Gasteiger partial charge is 0.495 e. The zero-order valence-electron chi connectivity index (χ0n) is 12.4. The average Bonchev–Trinajstić information content (AvgIpc) is 2.41. The molecule has 1 N–H and O–H groups in total. The highest BCUT2D eigenvalue weighted by atomic mass is 79.9. The van der Waals surface area contributed by atoms with E-state index in [0.717, 1.165) is 33.5 Å². The van der Waals surface area contributed by atoms with Gasteiger partial charge in [-0.05, 0) is 55.7 Å². The molecule has 0 radical (unpaired) electrons. The summed E-state index contributed by atoms with van der Waals surface area (Å²) in [6.07, 6.45) is 0.746. The highest BCUT2D eigenvalue weighted by Gasteiger charge is 2.12. The molecule has 2 nitrogen and oxygen atoms in total. The molecule has 0 aromatic heterocycles. The molecule has 1 unspecified atom stereocenters. The molecule has 2 aromatic carbocycles. The van der Waals surface area contributed by atoms with Crippen molar-refractivity contribution in [1.82, 2.24) is 0 Å². The molecular formula is C17H19BrFNO. The van der Waals surface area contributed by atoms with E-state index < -0.39 is 0 Å². The van der Waals surface area contributed by atoms with E-state index >= 15 is 0 Å². The fraction of sp³-hybridized carbons (Fsp3) is 0.294. The molecule has 0 spiro atoms. The fourth-order valence-corrected chi connectivity index (χ4v) is 2.92. The van der Waals surface area contributed by atoms with Crippen LogP contribution in [0.15, 0.2) is 40.9 Å². The molecule has 4 heteroatoms. The Balaban J connectivity index is 2.14. The maximum atomic E-state index is 13.2. The Hall–Kier alpha value is -1.55. The van der Waals surface area contributed by atoms with Gasteiger partial charge < -0.3 is 10.1 Å². The van der Waals surface area contributed by atoms with E-state index in [9.17, 15) is 4.39 Å². The Kier molecular flexibility index (Phi) is 5.23. The number of rotatable bonds is 5. The smallest absolute Gasteiger partial charge is 0.143 e. The molecule has 1 atom stereocenters. The van der Waals surface area contributed by atoms with Crippen LogP contribution >= 0.6 is 15.9 Å². The number of nitrogens with one attached hydrogen (secondary N) is 1. The second-order valence-corrected chi connectivity index (χ2v) is 6.10. The Morgan fingerprint density at radius 1 is 1.29 bits per heavy atom.